The maximum Gasteiger partial charge on any atom is 0.133 e. The summed E-state index contributed by atoms with van der Waals surface area (Å²) in [6.45, 7) is 3.58. The SMILES string of the molecule is C=C(S)c1c(F)cccc1NC. The molecule has 1 aromatic rings. The van der Waals surface area contributed by atoms with Crippen molar-refractivity contribution in [3.8, 4) is 0 Å². The van der Waals surface area contributed by atoms with Gasteiger partial charge in [0.2, 0.25) is 0 Å². The lowest BCUT2D eigenvalue weighted by Gasteiger charge is -2.08. The predicted octanol–water partition coefficient (Wildman–Crippen LogP) is 2.77. The first kappa shape index (κ1) is 9.13. The van der Waals surface area contributed by atoms with E-state index in [1.807, 2.05) is 0 Å². The van der Waals surface area contributed by atoms with Gasteiger partial charge in [0, 0.05) is 23.2 Å². The van der Waals surface area contributed by atoms with Crippen molar-refractivity contribution in [3.63, 3.8) is 0 Å². The molecule has 64 valence electrons. The minimum atomic E-state index is -0.304. The Morgan fingerprint density at radius 1 is 1.58 bits per heavy atom. The number of rotatable bonds is 2. The van der Waals surface area contributed by atoms with Gasteiger partial charge in [0.25, 0.3) is 0 Å². The molecule has 0 saturated heterocycles. The van der Waals surface area contributed by atoms with E-state index in [4.69, 9.17) is 0 Å². The van der Waals surface area contributed by atoms with E-state index in [0.29, 0.717) is 16.2 Å². The van der Waals surface area contributed by atoms with Crippen molar-refractivity contribution in [2.75, 3.05) is 12.4 Å². The van der Waals surface area contributed by atoms with E-state index >= 15 is 0 Å². The summed E-state index contributed by atoms with van der Waals surface area (Å²) in [5.41, 5.74) is 1.14. The molecule has 0 atom stereocenters. The fraction of sp³-hybridized carbons (Fsp3) is 0.111. The van der Waals surface area contributed by atoms with Crippen molar-refractivity contribution in [2.45, 2.75) is 0 Å². The van der Waals surface area contributed by atoms with Gasteiger partial charge in [-0.25, -0.2) is 4.39 Å². The number of nitrogens with one attached hydrogen (secondary N) is 1. The summed E-state index contributed by atoms with van der Waals surface area (Å²) >= 11 is 4.01. The third-order valence-electron chi connectivity index (χ3n) is 1.57. The molecule has 0 bridgehead atoms. The Balaban J connectivity index is 3.29. The molecule has 1 aromatic carbocycles. The van der Waals surface area contributed by atoms with Gasteiger partial charge in [-0.2, -0.15) is 0 Å². The Morgan fingerprint density at radius 2 is 2.25 bits per heavy atom. The molecule has 1 rings (SSSR count). The number of thiol groups is 1. The van der Waals surface area contributed by atoms with E-state index < -0.39 is 0 Å². The second-order valence-corrected chi connectivity index (χ2v) is 2.90. The molecular weight excluding hydrogens is 173 g/mol. The van der Waals surface area contributed by atoms with Crippen molar-refractivity contribution in [3.05, 3.63) is 36.2 Å². The van der Waals surface area contributed by atoms with Crippen LogP contribution < -0.4 is 5.32 Å². The highest BCUT2D eigenvalue weighted by molar-refractivity contribution is 7.90. The molecule has 1 nitrogen and oxygen atoms in total. The van der Waals surface area contributed by atoms with Crippen LogP contribution in [0.25, 0.3) is 4.91 Å². The van der Waals surface area contributed by atoms with Gasteiger partial charge in [-0.3, -0.25) is 0 Å². The first-order valence-corrected chi connectivity index (χ1v) is 3.96. The van der Waals surface area contributed by atoms with Gasteiger partial charge < -0.3 is 5.32 Å². The van der Waals surface area contributed by atoms with E-state index in [1.54, 1.807) is 19.2 Å². The van der Waals surface area contributed by atoms with Crippen LogP contribution in [0.15, 0.2) is 24.8 Å². The maximum atomic E-state index is 13.1. The summed E-state index contributed by atoms with van der Waals surface area (Å²) in [5.74, 6) is -0.304. The van der Waals surface area contributed by atoms with Gasteiger partial charge in [-0.05, 0) is 12.1 Å². The molecule has 0 spiro atoms. The second-order valence-electron chi connectivity index (χ2n) is 2.36. The van der Waals surface area contributed by atoms with Gasteiger partial charge in [0.1, 0.15) is 5.82 Å². The Labute approximate surface area is 76.7 Å². The Hall–Kier alpha value is -0.960. The molecule has 1 N–H and O–H groups in total. The average Bonchev–Trinajstić information content (AvgIpc) is 2.03. The van der Waals surface area contributed by atoms with Gasteiger partial charge in [-0.1, -0.05) is 12.6 Å². The van der Waals surface area contributed by atoms with E-state index in [9.17, 15) is 4.39 Å². The van der Waals surface area contributed by atoms with Crippen molar-refractivity contribution in [1.29, 1.82) is 0 Å². The normalized spacial score (nSPS) is 9.58. The lowest BCUT2D eigenvalue weighted by atomic mass is 10.1. The van der Waals surface area contributed by atoms with Crippen molar-refractivity contribution >= 4 is 23.2 Å². The van der Waals surface area contributed by atoms with Crippen molar-refractivity contribution < 1.29 is 4.39 Å². The lowest BCUT2D eigenvalue weighted by Crippen LogP contribution is -1.95. The number of anilines is 1. The Bertz CT molecular complexity index is 309. The average molecular weight is 183 g/mol. The van der Waals surface area contributed by atoms with Crippen molar-refractivity contribution in [1.82, 2.24) is 0 Å². The smallest absolute Gasteiger partial charge is 0.133 e. The second kappa shape index (κ2) is 3.63. The summed E-state index contributed by atoms with van der Waals surface area (Å²) in [7, 11) is 1.73. The monoisotopic (exact) mass is 183 g/mol. The van der Waals surface area contributed by atoms with E-state index in [2.05, 4.69) is 24.5 Å². The first-order chi connectivity index (χ1) is 5.66. The van der Waals surface area contributed by atoms with Gasteiger partial charge in [0.05, 0.1) is 0 Å². The third-order valence-corrected chi connectivity index (χ3v) is 1.80. The van der Waals surface area contributed by atoms with Gasteiger partial charge in [0.15, 0.2) is 0 Å². The van der Waals surface area contributed by atoms with E-state index in [0.717, 1.165) is 0 Å². The summed E-state index contributed by atoms with van der Waals surface area (Å²) < 4.78 is 13.1. The zero-order valence-electron chi connectivity index (χ0n) is 6.76. The van der Waals surface area contributed by atoms with E-state index in [-0.39, 0.29) is 5.82 Å². The summed E-state index contributed by atoms with van der Waals surface area (Å²) in [5, 5.41) is 2.87. The van der Waals surface area contributed by atoms with Crippen LogP contribution in [0.5, 0.6) is 0 Å². The lowest BCUT2D eigenvalue weighted by molar-refractivity contribution is 0.625. The number of halogens is 1. The van der Waals surface area contributed by atoms with Crippen LogP contribution in [-0.2, 0) is 0 Å². The number of hydrogen-bond acceptors (Lipinski definition) is 2. The molecule has 0 aliphatic carbocycles. The summed E-state index contributed by atoms with van der Waals surface area (Å²) in [6, 6.07) is 4.80. The Morgan fingerprint density at radius 3 is 2.67 bits per heavy atom. The topological polar surface area (TPSA) is 12.0 Å². The molecule has 0 fully saturated rings. The molecule has 0 unspecified atom stereocenters. The number of hydrogen-bond donors (Lipinski definition) is 2. The van der Waals surface area contributed by atoms with Crippen LogP contribution in [-0.4, -0.2) is 7.05 Å². The molecule has 0 amide bonds. The summed E-state index contributed by atoms with van der Waals surface area (Å²) in [6.07, 6.45) is 0. The highest BCUT2D eigenvalue weighted by Gasteiger charge is 2.07. The fourth-order valence-corrected chi connectivity index (χ4v) is 1.25. The minimum absolute atomic E-state index is 0.304. The van der Waals surface area contributed by atoms with Crippen LogP contribution in [0, 0.1) is 5.82 Å². The highest BCUT2D eigenvalue weighted by Crippen LogP contribution is 2.27. The molecule has 0 aliphatic heterocycles. The molecule has 0 radical (unpaired) electrons. The predicted molar refractivity (Wildman–Crippen MR) is 54.0 cm³/mol. The third kappa shape index (κ3) is 1.61. The zero-order chi connectivity index (χ0) is 9.14. The van der Waals surface area contributed by atoms with Crippen LogP contribution in [0.4, 0.5) is 10.1 Å². The molecule has 12 heavy (non-hydrogen) atoms. The van der Waals surface area contributed by atoms with Gasteiger partial charge in [-0.15, -0.1) is 12.6 Å². The van der Waals surface area contributed by atoms with Crippen LogP contribution >= 0.6 is 12.6 Å². The van der Waals surface area contributed by atoms with Crippen LogP contribution in [0.3, 0.4) is 0 Å². The quantitative estimate of drug-likeness (QED) is 0.672. The highest BCUT2D eigenvalue weighted by atomic mass is 32.1. The largest absolute Gasteiger partial charge is 0.388 e. The standard InChI is InChI=1S/C9H10FNS/c1-6(12)9-7(10)4-3-5-8(9)11-2/h3-5,11-12H,1H2,2H3. The molecule has 0 heterocycles. The fourth-order valence-electron chi connectivity index (χ4n) is 1.03. The molecule has 0 aromatic heterocycles. The maximum absolute atomic E-state index is 13.1. The van der Waals surface area contributed by atoms with Crippen molar-refractivity contribution in [2.24, 2.45) is 0 Å². The molecular formula is C9H10FNS. The Kier molecular flexibility index (Phi) is 2.76. The molecule has 0 aliphatic rings. The minimum Gasteiger partial charge on any atom is -0.388 e. The van der Waals surface area contributed by atoms with Gasteiger partial charge >= 0.3 is 0 Å². The zero-order valence-corrected chi connectivity index (χ0v) is 7.66. The molecule has 0 saturated carbocycles. The first-order valence-electron chi connectivity index (χ1n) is 3.51. The summed E-state index contributed by atoms with van der Waals surface area (Å²) in [4.78, 5) is 0.428. The van der Waals surface area contributed by atoms with Crippen LogP contribution in [0.1, 0.15) is 5.56 Å². The molecule has 3 heteroatoms. The number of benzene rings is 1. The van der Waals surface area contributed by atoms with E-state index in [1.165, 1.54) is 6.07 Å². The van der Waals surface area contributed by atoms with Crippen LogP contribution in [0.2, 0.25) is 0 Å².